The van der Waals surface area contributed by atoms with Gasteiger partial charge in [-0.05, 0) is 6.26 Å². The van der Waals surface area contributed by atoms with Crippen molar-refractivity contribution in [3.63, 3.8) is 0 Å². The van der Waals surface area contributed by atoms with E-state index in [0.29, 0.717) is 0 Å². The molecule has 0 aromatic heterocycles. The van der Waals surface area contributed by atoms with Crippen LogP contribution in [0.15, 0.2) is 0 Å². The average molecular weight is 244 g/mol. The SMILES string of the molecule is CSCOc1c(F)c(F)c(F)c(F)c1F. The first-order chi connectivity index (χ1) is 7.00. The van der Waals surface area contributed by atoms with Gasteiger partial charge in [-0.25, -0.2) is 13.2 Å². The first kappa shape index (κ1) is 12.1. The van der Waals surface area contributed by atoms with E-state index in [4.69, 9.17) is 0 Å². The molecule has 84 valence electrons. The van der Waals surface area contributed by atoms with Gasteiger partial charge in [0.2, 0.25) is 29.1 Å². The van der Waals surface area contributed by atoms with Gasteiger partial charge in [-0.15, -0.1) is 11.8 Å². The molecule has 0 saturated heterocycles. The molecule has 0 aliphatic heterocycles. The molecule has 0 bridgehead atoms. The van der Waals surface area contributed by atoms with Crippen LogP contribution in [0.25, 0.3) is 0 Å². The number of hydrogen-bond donors (Lipinski definition) is 0. The summed E-state index contributed by atoms with van der Waals surface area (Å²) in [6.45, 7) is 0. The van der Waals surface area contributed by atoms with Crippen molar-refractivity contribution < 1.29 is 26.7 Å². The molecule has 0 radical (unpaired) electrons. The van der Waals surface area contributed by atoms with Gasteiger partial charge in [0.15, 0.2) is 5.75 Å². The number of ether oxygens (including phenoxy) is 1. The number of halogens is 5. The minimum absolute atomic E-state index is 0.210. The Morgan fingerprint density at radius 1 is 0.867 bits per heavy atom. The van der Waals surface area contributed by atoms with E-state index in [1.165, 1.54) is 0 Å². The van der Waals surface area contributed by atoms with Crippen molar-refractivity contribution in [2.45, 2.75) is 0 Å². The Morgan fingerprint density at radius 3 is 1.67 bits per heavy atom. The minimum atomic E-state index is -2.19. The normalized spacial score (nSPS) is 10.5. The predicted octanol–water partition coefficient (Wildman–Crippen LogP) is 3.08. The van der Waals surface area contributed by atoms with Crippen molar-refractivity contribution in [3.8, 4) is 5.75 Å². The van der Waals surface area contributed by atoms with Gasteiger partial charge in [0.25, 0.3) is 0 Å². The first-order valence-electron chi connectivity index (χ1n) is 3.63. The standard InChI is InChI=1S/C8H5F5OS/c1-15-2-14-8-6(12)4(10)3(9)5(11)7(8)13/h2H2,1H3. The van der Waals surface area contributed by atoms with Gasteiger partial charge >= 0.3 is 0 Å². The molecule has 15 heavy (non-hydrogen) atoms. The third kappa shape index (κ3) is 2.17. The third-order valence-electron chi connectivity index (χ3n) is 1.49. The van der Waals surface area contributed by atoms with Crippen LogP contribution in [-0.4, -0.2) is 12.2 Å². The quantitative estimate of drug-likeness (QED) is 0.350. The topological polar surface area (TPSA) is 9.23 Å². The van der Waals surface area contributed by atoms with Gasteiger partial charge in [-0.1, -0.05) is 0 Å². The lowest BCUT2D eigenvalue weighted by Gasteiger charge is -2.08. The Hall–Kier alpha value is -0.980. The Balaban J connectivity index is 3.26. The number of rotatable bonds is 3. The van der Waals surface area contributed by atoms with Crippen molar-refractivity contribution in [2.24, 2.45) is 0 Å². The van der Waals surface area contributed by atoms with Crippen LogP contribution in [0, 0.1) is 29.1 Å². The zero-order chi connectivity index (χ0) is 11.6. The van der Waals surface area contributed by atoms with Crippen molar-refractivity contribution >= 4 is 11.8 Å². The molecule has 1 aromatic rings. The maximum Gasteiger partial charge on any atom is 0.207 e. The molecule has 0 saturated carbocycles. The molecule has 0 aliphatic carbocycles. The summed E-state index contributed by atoms with van der Waals surface area (Å²) in [5.41, 5.74) is 0. The predicted molar refractivity (Wildman–Crippen MR) is 45.2 cm³/mol. The van der Waals surface area contributed by atoms with E-state index in [2.05, 4.69) is 4.74 Å². The Bertz CT molecular complexity index is 353. The van der Waals surface area contributed by atoms with Gasteiger partial charge in [0, 0.05) is 0 Å². The van der Waals surface area contributed by atoms with E-state index in [1.54, 1.807) is 6.26 Å². The largest absolute Gasteiger partial charge is 0.477 e. The summed E-state index contributed by atoms with van der Waals surface area (Å²) >= 11 is 1.04. The van der Waals surface area contributed by atoms with Crippen LogP contribution in [-0.2, 0) is 0 Å². The van der Waals surface area contributed by atoms with Crippen molar-refractivity contribution in [1.29, 1.82) is 0 Å². The highest BCUT2D eigenvalue weighted by molar-refractivity contribution is 7.98. The summed E-state index contributed by atoms with van der Waals surface area (Å²) in [6, 6.07) is 0. The van der Waals surface area contributed by atoms with E-state index < -0.39 is 34.8 Å². The molecular weight excluding hydrogens is 239 g/mol. The van der Waals surface area contributed by atoms with E-state index >= 15 is 0 Å². The van der Waals surface area contributed by atoms with Crippen LogP contribution >= 0.6 is 11.8 Å². The minimum Gasteiger partial charge on any atom is -0.477 e. The van der Waals surface area contributed by atoms with E-state index in [0.717, 1.165) is 11.8 Å². The molecule has 0 amide bonds. The molecule has 0 spiro atoms. The summed E-state index contributed by atoms with van der Waals surface area (Å²) in [7, 11) is 0. The second kappa shape index (κ2) is 4.69. The fraction of sp³-hybridized carbons (Fsp3) is 0.250. The second-order valence-corrected chi connectivity index (χ2v) is 3.26. The van der Waals surface area contributed by atoms with Crippen LogP contribution in [0.4, 0.5) is 22.0 Å². The molecule has 7 heteroatoms. The Labute approximate surface area is 86.2 Å². The molecular formula is C8H5F5OS. The maximum absolute atomic E-state index is 12.9. The third-order valence-corrected chi connectivity index (χ3v) is 1.84. The summed E-state index contributed by atoms with van der Waals surface area (Å²) < 4.78 is 67.8. The molecule has 1 rings (SSSR count). The summed E-state index contributed by atoms with van der Waals surface area (Å²) in [5, 5.41) is 0. The highest BCUT2D eigenvalue weighted by Gasteiger charge is 2.26. The molecule has 1 nitrogen and oxygen atoms in total. The molecule has 0 heterocycles. The number of hydrogen-bond acceptors (Lipinski definition) is 2. The summed E-state index contributed by atoms with van der Waals surface area (Å²) in [5.74, 6) is -11.6. The van der Waals surface area contributed by atoms with Crippen LogP contribution in [0.1, 0.15) is 0 Å². The first-order valence-corrected chi connectivity index (χ1v) is 5.03. The molecule has 0 aliphatic rings. The van der Waals surface area contributed by atoms with Crippen LogP contribution in [0.2, 0.25) is 0 Å². The van der Waals surface area contributed by atoms with Gasteiger partial charge in [0.05, 0.1) is 0 Å². The molecule has 0 atom stereocenters. The average Bonchev–Trinajstić information content (AvgIpc) is 2.24. The zero-order valence-corrected chi connectivity index (χ0v) is 8.23. The molecule has 0 N–H and O–H groups in total. The molecule has 0 unspecified atom stereocenters. The summed E-state index contributed by atoms with van der Waals surface area (Å²) in [6.07, 6.45) is 1.55. The Kier molecular flexibility index (Phi) is 3.78. The zero-order valence-electron chi connectivity index (χ0n) is 7.41. The van der Waals surface area contributed by atoms with Crippen molar-refractivity contribution in [2.75, 3.05) is 12.2 Å². The van der Waals surface area contributed by atoms with Gasteiger partial charge in [0.1, 0.15) is 5.94 Å². The molecule has 0 fully saturated rings. The highest BCUT2D eigenvalue weighted by atomic mass is 32.2. The van der Waals surface area contributed by atoms with E-state index in [-0.39, 0.29) is 5.94 Å². The number of benzene rings is 1. The monoisotopic (exact) mass is 244 g/mol. The highest BCUT2D eigenvalue weighted by Crippen LogP contribution is 2.29. The number of thioether (sulfide) groups is 1. The van der Waals surface area contributed by atoms with E-state index in [1.807, 2.05) is 0 Å². The van der Waals surface area contributed by atoms with Crippen LogP contribution in [0.5, 0.6) is 5.75 Å². The van der Waals surface area contributed by atoms with Gasteiger partial charge in [-0.2, -0.15) is 8.78 Å². The lowest BCUT2D eigenvalue weighted by atomic mass is 10.3. The fourth-order valence-corrected chi connectivity index (χ4v) is 1.07. The smallest absolute Gasteiger partial charge is 0.207 e. The van der Waals surface area contributed by atoms with Crippen LogP contribution < -0.4 is 4.74 Å². The van der Waals surface area contributed by atoms with Crippen LogP contribution in [0.3, 0.4) is 0 Å². The van der Waals surface area contributed by atoms with Gasteiger partial charge < -0.3 is 4.74 Å². The second-order valence-electron chi connectivity index (χ2n) is 2.45. The molecule has 1 aromatic carbocycles. The summed E-state index contributed by atoms with van der Waals surface area (Å²) in [4.78, 5) is 0. The van der Waals surface area contributed by atoms with Crippen molar-refractivity contribution in [1.82, 2.24) is 0 Å². The van der Waals surface area contributed by atoms with Gasteiger partial charge in [-0.3, -0.25) is 0 Å². The fourth-order valence-electron chi connectivity index (χ4n) is 0.829. The lowest BCUT2D eigenvalue weighted by molar-refractivity contribution is 0.301. The maximum atomic E-state index is 12.9. The van der Waals surface area contributed by atoms with E-state index in [9.17, 15) is 22.0 Å². The Morgan fingerprint density at radius 2 is 1.27 bits per heavy atom. The van der Waals surface area contributed by atoms with Crippen molar-refractivity contribution in [3.05, 3.63) is 29.1 Å². The lowest BCUT2D eigenvalue weighted by Crippen LogP contribution is -2.06.